The lowest BCUT2D eigenvalue weighted by Crippen LogP contribution is -2.29. The first-order valence-corrected chi connectivity index (χ1v) is 6.34. The molecule has 0 aliphatic carbocycles. The number of nitro benzene ring substituents is 1. The second-order valence-electron chi connectivity index (χ2n) is 3.40. The third-order valence-corrected chi connectivity index (χ3v) is 4.16. The molecule has 0 saturated carbocycles. The standard InChI is InChI=1S/C9H11N3O5S/c1-11(7-6-10-13)18(16,17)9-5-3-2-4-8(9)12(14)15/h2-5H,6-7H2,1H3. The van der Waals surface area contributed by atoms with Gasteiger partial charge in [0, 0.05) is 19.7 Å². The van der Waals surface area contributed by atoms with Gasteiger partial charge in [-0.3, -0.25) is 10.1 Å². The van der Waals surface area contributed by atoms with Gasteiger partial charge in [0.05, 0.1) is 11.5 Å². The van der Waals surface area contributed by atoms with Gasteiger partial charge in [-0.1, -0.05) is 17.3 Å². The maximum atomic E-state index is 12.0. The van der Waals surface area contributed by atoms with Crippen LogP contribution in [0.5, 0.6) is 0 Å². The molecule has 9 heteroatoms. The van der Waals surface area contributed by atoms with Crippen LogP contribution in [-0.4, -0.2) is 37.8 Å². The van der Waals surface area contributed by atoms with Gasteiger partial charge in [-0.05, 0) is 6.07 Å². The van der Waals surface area contributed by atoms with Crippen LogP contribution in [0.2, 0.25) is 0 Å². The summed E-state index contributed by atoms with van der Waals surface area (Å²) in [6, 6.07) is 5.03. The lowest BCUT2D eigenvalue weighted by Gasteiger charge is -2.15. The Morgan fingerprint density at radius 1 is 1.39 bits per heavy atom. The van der Waals surface area contributed by atoms with E-state index in [-0.39, 0.29) is 13.1 Å². The van der Waals surface area contributed by atoms with E-state index in [2.05, 4.69) is 5.18 Å². The number of sulfonamides is 1. The molecule has 0 bridgehead atoms. The fourth-order valence-corrected chi connectivity index (χ4v) is 2.61. The zero-order chi connectivity index (χ0) is 13.8. The van der Waals surface area contributed by atoms with Crippen LogP contribution in [0.15, 0.2) is 34.3 Å². The van der Waals surface area contributed by atoms with Crippen molar-refractivity contribution < 1.29 is 13.3 Å². The lowest BCUT2D eigenvalue weighted by molar-refractivity contribution is -0.387. The zero-order valence-electron chi connectivity index (χ0n) is 9.51. The molecule has 98 valence electrons. The molecule has 0 spiro atoms. The molecule has 0 amide bonds. The topological polar surface area (TPSA) is 110 Å². The van der Waals surface area contributed by atoms with E-state index >= 15 is 0 Å². The third-order valence-electron chi connectivity index (χ3n) is 2.26. The van der Waals surface area contributed by atoms with Gasteiger partial charge < -0.3 is 0 Å². The molecular weight excluding hydrogens is 262 g/mol. The van der Waals surface area contributed by atoms with Gasteiger partial charge in [0.15, 0.2) is 4.90 Å². The number of benzene rings is 1. The van der Waals surface area contributed by atoms with Crippen molar-refractivity contribution in [1.29, 1.82) is 0 Å². The summed E-state index contributed by atoms with van der Waals surface area (Å²) in [5.41, 5.74) is -0.497. The zero-order valence-corrected chi connectivity index (χ0v) is 10.3. The molecule has 0 N–H and O–H groups in total. The predicted octanol–water partition coefficient (Wildman–Crippen LogP) is 0.982. The maximum Gasteiger partial charge on any atom is 0.289 e. The number of nitrogens with zero attached hydrogens (tertiary/aromatic N) is 3. The number of hydrogen-bond donors (Lipinski definition) is 0. The summed E-state index contributed by atoms with van der Waals surface area (Å²) in [7, 11) is -2.76. The number of likely N-dealkylation sites (N-methyl/N-ethyl adjacent to an activating group) is 1. The second kappa shape index (κ2) is 5.65. The van der Waals surface area contributed by atoms with Crippen molar-refractivity contribution >= 4 is 15.7 Å². The molecule has 0 heterocycles. The Kier molecular flexibility index (Phi) is 4.45. The number of hydrogen-bond acceptors (Lipinski definition) is 6. The van der Waals surface area contributed by atoms with Crippen LogP contribution >= 0.6 is 0 Å². The average molecular weight is 273 g/mol. The predicted molar refractivity (Wildman–Crippen MR) is 63.6 cm³/mol. The van der Waals surface area contributed by atoms with E-state index in [0.717, 1.165) is 16.4 Å². The molecule has 0 aliphatic rings. The first kappa shape index (κ1) is 14.2. The Morgan fingerprint density at radius 2 is 2.00 bits per heavy atom. The molecule has 0 aliphatic heterocycles. The Balaban J connectivity index is 3.20. The summed E-state index contributed by atoms with van der Waals surface area (Å²) in [6.45, 7) is -0.339. The van der Waals surface area contributed by atoms with E-state index in [9.17, 15) is 23.4 Å². The van der Waals surface area contributed by atoms with Crippen molar-refractivity contribution in [1.82, 2.24) is 4.31 Å². The van der Waals surface area contributed by atoms with Crippen LogP contribution < -0.4 is 0 Å². The Morgan fingerprint density at radius 3 is 2.56 bits per heavy atom. The quantitative estimate of drug-likeness (QED) is 0.436. The highest BCUT2D eigenvalue weighted by Crippen LogP contribution is 2.25. The van der Waals surface area contributed by atoms with Crippen LogP contribution in [0.3, 0.4) is 0 Å². The average Bonchev–Trinajstić information content (AvgIpc) is 2.35. The van der Waals surface area contributed by atoms with E-state index in [1.807, 2.05) is 0 Å². The fraction of sp³-hybridized carbons (Fsp3) is 0.333. The molecule has 1 aromatic rings. The minimum absolute atomic E-state index is 0.127. The maximum absolute atomic E-state index is 12.0. The van der Waals surface area contributed by atoms with Crippen LogP contribution in [0.25, 0.3) is 0 Å². The van der Waals surface area contributed by atoms with Gasteiger partial charge in [0.25, 0.3) is 5.69 Å². The highest BCUT2D eigenvalue weighted by atomic mass is 32.2. The molecule has 0 fully saturated rings. The van der Waals surface area contributed by atoms with Crippen molar-refractivity contribution in [3.8, 4) is 0 Å². The molecule has 1 aromatic carbocycles. The highest BCUT2D eigenvalue weighted by molar-refractivity contribution is 7.89. The molecule has 0 atom stereocenters. The number of nitro groups is 1. The summed E-state index contributed by atoms with van der Waals surface area (Å²) >= 11 is 0. The molecule has 0 radical (unpaired) electrons. The van der Waals surface area contributed by atoms with Crippen molar-refractivity contribution in [3.63, 3.8) is 0 Å². The lowest BCUT2D eigenvalue weighted by atomic mass is 10.3. The molecule has 0 unspecified atom stereocenters. The molecule has 1 rings (SSSR count). The van der Waals surface area contributed by atoms with Crippen molar-refractivity contribution in [2.24, 2.45) is 5.18 Å². The Bertz CT molecular complexity index is 557. The van der Waals surface area contributed by atoms with E-state index in [0.29, 0.717) is 0 Å². The van der Waals surface area contributed by atoms with Gasteiger partial charge in [0.2, 0.25) is 10.0 Å². The molecular formula is C9H11N3O5S. The minimum Gasteiger partial charge on any atom is -0.258 e. The van der Waals surface area contributed by atoms with Crippen LogP contribution in [0.1, 0.15) is 0 Å². The third kappa shape index (κ3) is 2.87. The van der Waals surface area contributed by atoms with Gasteiger partial charge in [-0.2, -0.15) is 9.21 Å². The number of rotatable bonds is 6. The van der Waals surface area contributed by atoms with Gasteiger partial charge in [0.1, 0.15) is 0 Å². The van der Waals surface area contributed by atoms with Gasteiger partial charge in [-0.25, -0.2) is 8.42 Å². The number of para-hydroxylation sites is 1. The molecule has 8 nitrogen and oxygen atoms in total. The van der Waals surface area contributed by atoms with E-state index in [1.54, 1.807) is 0 Å². The van der Waals surface area contributed by atoms with Crippen LogP contribution in [0, 0.1) is 15.0 Å². The van der Waals surface area contributed by atoms with Crippen molar-refractivity contribution in [2.75, 3.05) is 20.1 Å². The van der Waals surface area contributed by atoms with Gasteiger partial charge in [-0.15, -0.1) is 0 Å². The summed E-state index contributed by atoms with van der Waals surface area (Å²) in [4.78, 5) is 19.6. The van der Waals surface area contributed by atoms with Crippen LogP contribution in [0.4, 0.5) is 5.69 Å². The summed E-state index contributed by atoms with van der Waals surface area (Å²) in [5, 5.41) is 13.3. The molecule has 0 aromatic heterocycles. The monoisotopic (exact) mass is 273 g/mol. The van der Waals surface area contributed by atoms with E-state index in [4.69, 9.17) is 0 Å². The van der Waals surface area contributed by atoms with E-state index in [1.165, 1.54) is 19.2 Å². The summed E-state index contributed by atoms with van der Waals surface area (Å²) < 4.78 is 24.9. The van der Waals surface area contributed by atoms with Gasteiger partial charge >= 0.3 is 0 Å². The Labute approximate surface area is 103 Å². The van der Waals surface area contributed by atoms with Crippen molar-refractivity contribution in [3.05, 3.63) is 39.3 Å². The first-order valence-electron chi connectivity index (χ1n) is 4.90. The fourth-order valence-electron chi connectivity index (χ4n) is 1.30. The summed E-state index contributed by atoms with van der Waals surface area (Å²) in [5.74, 6) is 0. The van der Waals surface area contributed by atoms with Crippen molar-refractivity contribution in [2.45, 2.75) is 4.90 Å². The summed E-state index contributed by atoms with van der Waals surface area (Å²) in [6.07, 6.45) is 0. The first-order chi connectivity index (χ1) is 8.41. The smallest absolute Gasteiger partial charge is 0.258 e. The normalized spacial score (nSPS) is 11.4. The highest BCUT2D eigenvalue weighted by Gasteiger charge is 2.28. The molecule has 18 heavy (non-hydrogen) atoms. The van der Waals surface area contributed by atoms with Crippen LogP contribution in [-0.2, 0) is 10.0 Å². The SMILES string of the molecule is CN(CCN=O)S(=O)(=O)c1ccccc1[N+](=O)[O-]. The second-order valence-corrected chi connectivity index (χ2v) is 5.42. The largest absolute Gasteiger partial charge is 0.289 e. The Hall–Kier alpha value is -1.87. The minimum atomic E-state index is -3.99. The van der Waals surface area contributed by atoms with E-state index < -0.39 is 25.5 Å². The molecule has 0 saturated heterocycles. The number of nitroso groups, excluding NO2 is 1.